The van der Waals surface area contributed by atoms with Gasteiger partial charge in [0.2, 0.25) is 0 Å². The number of non-ortho nitro benzene ring substituents is 1. The van der Waals surface area contributed by atoms with Crippen LogP contribution < -0.4 is 5.32 Å². The van der Waals surface area contributed by atoms with Crippen molar-refractivity contribution >= 4 is 17.4 Å². The van der Waals surface area contributed by atoms with Gasteiger partial charge in [-0.15, -0.1) is 11.8 Å². The second-order valence-corrected chi connectivity index (χ2v) is 6.68. The van der Waals surface area contributed by atoms with Crippen molar-refractivity contribution in [2.75, 3.05) is 6.54 Å². The fourth-order valence-corrected chi connectivity index (χ4v) is 3.92. The summed E-state index contributed by atoms with van der Waals surface area (Å²) >= 11 is 1.86. The number of thioether (sulfide) groups is 1. The summed E-state index contributed by atoms with van der Waals surface area (Å²) in [6, 6.07) is 7.56. The van der Waals surface area contributed by atoms with Crippen LogP contribution in [-0.2, 0) is 0 Å². The van der Waals surface area contributed by atoms with Crippen LogP contribution in [0.15, 0.2) is 29.2 Å². The van der Waals surface area contributed by atoms with Gasteiger partial charge in [0.25, 0.3) is 5.69 Å². The van der Waals surface area contributed by atoms with Crippen LogP contribution in [0.4, 0.5) is 5.69 Å². The third kappa shape index (κ3) is 4.49. The van der Waals surface area contributed by atoms with Crippen LogP contribution in [-0.4, -0.2) is 22.8 Å². The van der Waals surface area contributed by atoms with E-state index < -0.39 is 0 Å². The topological polar surface area (TPSA) is 55.2 Å². The molecule has 2 rings (SSSR count). The molecule has 1 aromatic carbocycles. The lowest BCUT2D eigenvalue weighted by atomic mass is 9.95. The normalized spacial score (nSPS) is 22.6. The number of benzene rings is 1. The Morgan fingerprint density at radius 1 is 1.35 bits per heavy atom. The first-order valence-electron chi connectivity index (χ1n) is 7.33. The molecule has 1 fully saturated rings. The molecule has 4 nitrogen and oxygen atoms in total. The highest BCUT2D eigenvalue weighted by Gasteiger charge is 2.22. The van der Waals surface area contributed by atoms with Crippen molar-refractivity contribution < 1.29 is 4.92 Å². The van der Waals surface area contributed by atoms with E-state index >= 15 is 0 Å². The smallest absolute Gasteiger partial charge is 0.269 e. The van der Waals surface area contributed by atoms with Crippen LogP contribution in [0.2, 0.25) is 0 Å². The summed E-state index contributed by atoms with van der Waals surface area (Å²) in [6.45, 7) is 3.29. The third-order valence-electron chi connectivity index (χ3n) is 3.66. The van der Waals surface area contributed by atoms with Crippen LogP contribution in [0.1, 0.15) is 39.0 Å². The van der Waals surface area contributed by atoms with E-state index in [1.54, 1.807) is 12.1 Å². The summed E-state index contributed by atoms with van der Waals surface area (Å²) in [5.41, 5.74) is 0.167. The highest BCUT2D eigenvalue weighted by atomic mass is 32.2. The Morgan fingerprint density at radius 2 is 2.10 bits per heavy atom. The van der Waals surface area contributed by atoms with Gasteiger partial charge in [0.1, 0.15) is 0 Å². The number of nitrogens with one attached hydrogen (secondary N) is 1. The molecule has 1 aliphatic rings. The average Bonchev–Trinajstić information content (AvgIpc) is 2.46. The molecular weight excluding hydrogens is 272 g/mol. The number of nitro groups is 1. The fourth-order valence-electron chi connectivity index (χ4n) is 2.62. The van der Waals surface area contributed by atoms with E-state index in [1.165, 1.54) is 32.1 Å². The van der Waals surface area contributed by atoms with Gasteiger partial charge in [-0.2, -0.15) is 0 Å². The molecule has 0 bridgehead atoms. The molecule has 2 atom stereocenters. The monoisotopic (exact) mass is 294 g/mol. The summed E-state index contributed by atoms with van der Waals surface area (Å²) in [5, 5.41) is 14.9. The van der Waals surface area contributed by atoms with E-state index in [1.807, 2.05) is 23.9 Å². The van der Waals surface area contributed by atoms with Crippen molar-refractivity contribution in [3.8, 4) is 0 Å². The molecule has 0 radical (unpaired) electrons. The van der Waals surface area contributed by atoms with Crippen molar-refractivity contribution in [3.63, 3.8) is 0 Å². The summed E-state index contributed by atoms with van der Waals surface area (Å²) in [7, 11) is 0. The van der Waals surface area contributed by atoms with Gasteiger partial charge in [0, 0.05) is 28.3 Å². The molecule has 0 heterocycles. The first kappa shape index (κ1) is 15.3. The molecule has 20 heavy (non-hydrogen) atoms. The lowest BCUT2D eigenvalue weighted by Crippen LogP contribution is -2.35. The maximum absolute atomic E-state index is 10.6. The fraction of sp³-hybridized carbons (Fsp3) is 0.600. The predicted octanol–water partition coefficient (Wildman–Crippen LogP) is 4.00. The Hall–Kier alpha value is -1.07. The van der Waals surface area contributed by atoms with Crippen LogP contribution in [0.25, 0.3) is 0 Å². The predicted molar refractivity (Wildman–Crippen MR) is 83.3 cm³/mol. The van der Waals surface area contributed by atoms with Crippen molar-refractivity contribution in [2.24, 2.45) is 0 Å². The summed E-state index contributed by atoms with van der Waals surface area (Å²) in [5.74, 6) is 0. The molecule has 0 aliphatic heterocycles. The summed E-state index contributed by atoms with van der Waals surface area (Å²) in [6.07, 6.45) is 6.16. The summed E-state index contributed by atoms with van der Waals surface area (Å²) < 4.78 is 0. The molecule has 5 heteroatoms. The van der Waals surface area contributed by atoms with E-state index in [0.717, 1.165) is 11.4 Å². The molecular formula is C15H22N2O2S. The number of nitrogens with zero attached hydrogens (tertiary/aromatic N) is 1. The largest absolute Gasteiger partial charge is 0.314 e. The van der Waals surface area contributed by atoms with Crippen molar-refractivity contribution in [1.29, 1.82) is 0 Å². The standard InChI is InChI=1S/C15H22N2O2S/c1-2-10-16-12-4-3-5-15(11-12)20-14-8-6-13(7-9-14)17(18)19/h6-9,12,15-16H,2-5,10-11H2,1H3. The van der Waals surface area contributed by atoms with Crippen molar-refractivity contribution in [2.45, 2.75) is 55.2 Å². The van der Waals surface area contributed by atoms with Crippen molar-refractivity contribution in [3.05, 3.63) is 34.4 Å². The SMILES string of the molecule is CCCNC1CCCC(Sc2ccc([N+](=O)[O-])cc2)C1. The Balaban J connectivity index is 1.87. The molecule has 1 aliphatic carbocycles. The molecule has 2 unspecified atom stereocenters. The number of hydrogen-bond acceptors (Lipinski definition) is 4. The number of hydrogen-bond donors (Lipinski definition) is 1. The lowest BCUT2D eigenvalue weighted by molar-refractivity contribution is -0.384. The first-order valence-corrected chi connectivity index (χ1v) is 8.21. The first-order chi connectivity index (χ1) is 9.69. The Bertz CT molecular complexity index is 436. The van der Waals surface area contributed by atoms with E-state index in [2.05, 4.69) is 12.2 Å². The zero-order valence-electron chi connectivity index (χ0n) is 11.9. The maximum Gasteiger partial charge on any atom is 0.269 e. The molecule has 1 N–H and O–H groups in total. The second kappa shape index (κ2) is 7.64. The summed E-state index contributed by atoms with van der Waals surface area (Å²) in [4.78, 5) is 11.4. The van der Waals surface area contributed by atoms with Gasteiger partial charge in [-0.3, -0.25) is 10.1 Å². The zero-order chi connectivity index (χ0) is 14.4. The van der Waals surface area contributed by atoms with E-state index in [-0.39, 0.29) is 10.6 Å². The van der Waals surface area contributed by atoms with E-state index in [4.69, 9.17) is 0 Å². The zero-order valence-corrected chi connectivity index (χ0v) is 12.7. The Morgan fingerprint density at radius 3 is 2.75 bits per heavy atom. The minimum Gasteiger partial charge on any atom is -0.314 e. The van der Waals surface area contributed by atoms with Gasteiger partial charge in [-0.25, -0.2) is 0 Å². The Labute approximate surface area is 124 Å². The van der Waals surface area contributed by atoms with Gasteiger partial charge in [-0.05, 0) is 44.4 Å². The average molecular weight is 294 g/mol. The lowest BCUT2D eigenvalue weighted by Gasteiger charge is -2.29. The Kier molecular flexibility index (Phi) is 5.86. The number of rotatable bonds is 6. The van der Waals surface area contributed by atoms with Gasteiger partial charge < -0.3 is 5.32 Å². The molecule has 0 spiro atoms. The minimum atomic E-state index is -0.347. The van der Waals surface area contributed by atoms with Crippen LogP contribution >= 0.6 is 11.8 Å². The molecule has 1 saturated carbocycles. The third-order valence-corrected chi connectivity index (χ3v) is 4.97. The minimum absolute atomic E-state index is 0.167. The van der Waals surface area contributed by atoms with Gasteiger partial charge in [-0.1, -0.05) is 13.3 Å². The van der Waals surface area contributed by atoms with E-state index in [9.17, 15) is 10.1 Å². The molecule has 0 aromatic heterocycles. The maximum atomic E-state index is 10.6. The highest BCUT2D eigenvalue weighted by molar-refractivity contribution is 8.00. The van der Waals surface area contributed by atoms with Gasteiger partial charge >= 0.3 is 0 Å². The molecule has 110 valence electrons. The molecule has 0 saturated heterocycles. The molecule has 0 amide bonds. The highest BCUT2D eigenvalue weighted by Crippen LogP contribution is 2.34. The van der Waals surface area contributed by atoms with Gasteiger partial charge in [0.05, 0.1) is 4.92 Å². The quantitative estimate of drug-likeness (QED) is 0.636. The van der Waals surface area contributed by atoms with Crippen LogP contribution in [0.5, 0.6) is 0 Å². The van der Waals surface area contributed by atoms with Crippen LogP contribution in [0, 0.1) is 10.1 Å². The van der Waals surface area contributed by atoms with Crippen molar-refractivity contribution in [1.82, 2.24) is 5.32 Å². The number of nitro benzene ring substituents is 1. The van der Waals surface area contributed by atoms with Crippen LogP contribution in [0.3, 0.4) is 0 Å². The van der Waals surface area contributed by atoms with Gasteiger partial charge in [0.15, 0.2) is 0 Å². The van der Waals surface area contributed by atoms with E-state index in [0.29, 0.717) is 11.3 Å². The molecule has 1 aromatic rings. The second-order valence-electron chi connectivity index (χ2n) is 5.31.